The van der Waals surface area contributed by atoms with E-state index in [4.69, 9.17) is 0 Å². The third-order valence-corrected chi connectivity index (χ3v) is 4.91. The number of aliphatic hydroxyl groups is 1. The number of hydrogen-bond donors (Lipinski definition) is 1. The van der Waals surface area contributed by atoms with Gasteiger partial charge >= 0.3 is 0 Å². The number of thiophene rings is 1. The fourth-order valence-corrected chi connectivity index (χ4v) is 4.09. The lowest BCUT2D eigenvalue weighted by Crippen LogP contribution is -2.19. The molecule has 2 heterocycles. The summed E-state index contributed by atoms with van der Waals surface area (Å²) in [5.74, 6) is 3.34. The Morgan fingerprint density at radius 1 is 1.40 bits per heavy atom. The smallest absolute Gasteiger partial charge is 0.0591 e. The number of aliphatic hydroxyl groups excluding tert-OH is 1. The maximum atomic E-state index is 9.97. The topological polar surface area (TPSA) is 20.2 Å². The Hall–Kier alpha value is 0.01000. The first-order chi connectivity index (χ1) is 7.34. The van der Waals surface area contributed by atoms with E-state index in [1.165, 1.54) is 29.2 Å². The predicted octanol–water partition coefficient (Wildman–Crippen LogP) is 3.18. The molecule has 1 aliphatic rings. The molecule has 1 saturated heterocycles. The zero-order chi connectivity index (χ0) is 10.5. The summed E-state index contributed by atoms with van der Waals surface area (Å²) >= 11 is 3.80. The van der Waals surface area contributed by atoms with Gasteiger partial charge in [0.05, 0.1) is 6.10 Å². The van der Waals surface area contributed by atoms with Crippen LogP contribution >= 0.6 is 23.1 Å². The van der Waals surface area contributed by atoms with E-state index in [0.29, 0.717) is 0 Å². The molecule has 1 aromatic rings. The highest BCUT2D eigenvalue weighted by atomic mass is 32.2. The molecule has 1 aromatic heterocycles. The molecule has 3 heteroatoms. The summed E-state index contributed by atoms with van der Waals surface area (Å²) in [6.45, 7) is 0. The summed E-state index contributed by atoms with van der Waals surface area (Å²) in [6.07, 6.45) is 4.31. The van der Waals surface area contributed by atoms with Crippen molar-refractivity contribution >= 4 is 23.1 Å². The van der Waals surface area contributed by atoms with Crippen molar-refractivity contribution in [1.82, 2.24) is 0 Å². The van der Waals surface area contributed by atoms with Gasteiger partial charge in [-0.15, -0.1) is 11.3 Å². The summed E-state index contributed by atoms with van der Waals surface area (Å²) in [5, 5.41) is 12.1. The predicted molar refractivity (Wildman–Crippen MR) is 68.7 cm³/mol. The molecule has 1 unspecified atom stereocenters. The highest BCUT2D eigenvalue weighted by molar-refractivity contribution is 7.99. The van der Waals surface area contributed by atoms with Crippen molar-refractivity contribution in [2.45, 2.75) is 31.8 Å². The minimum Gasteiger partial charge on any atom is -0.393 e. The SMILES string of the molecule is OC(Cc1cccs1)CC1CCSCC1. The second-order valence-electron chi connectivity index (χ2n) is 4.23. The highest BCUT2D eigenvalue weighted by Gasteiger charge is 2.18. The van der Waals surface area contributed by atoms with Crippen molar-refractivity contribution in [3.8, 4) is 0 Å². The van der Waals surface area contributed by atoms with Crippen LogP contribution in [0.2, 0.25) is 0 Å². The van der Waals surface area contributed by atoms with Crippen LogP contribution < -0.4 is 0 Å². The van der Waals surface area contributed by atoms with Gasteiger partial charge in [0.2, 0.25) is 0 Å². The Morgan fingerprint density at radius 3 is 2.87 bits per heavy atom. The van der Waals surface area contributed by atoms with E-state index in [1.807, 2.05) is 0 Å². The molecular formula is C12H18OS2. The molecule has 0 saturated carbocycles. The van der Waals surface area contributed by atoms with Gasteiger partial charge in [-0.1, -0.05) is 6.07 Å². The maximum absolute atomic E-state index is 9.97. The fraction of sp³-hybridized carbons (Fsp3) is 0.667. The van der Waals surface area contributed by atoms with E-state index < -0.39 is 0 Å². The Kier molecular flexibility index (Phi) is 4.54. The summed E-state index contributed by atoms with van der Waals surface area (Å²) < 4.78 is 0. The van der Waals surface area contributed by atoms with Gasteiger partial charge in [0.1, 0.15) is 0 Å². The molecule has 0 amide bonds. The molecule has 15 heavy (non-hydrogen) atoms. The normalized spacial score (nSPS) is 20.3. The Labute approximate surface area is 99.9 Å². The van der Waals surface area contributed by atoms with Crippen LogP contribution in [0.3, 0.4) is 0 Å². The van der Waals surface area contributed by atoms with Crippen molar-refractivity contribution in [2.24, 2.45) is 5.92 Å². The van der Waals surface area contributed by atoms with Crippen molar-refractivity contribution in [3.63, 3.8) is 0 Å². The summed E-state index contributed by atoms with van der Waals surface area (Å²) in [7, 11) is 0. The van der Waals surface area contributed by atoms with Gasteiger partial charge < -0.3 is 5.11 Å². The van der Waals surface area contributed by atoms with E-state index in [-0.39, 0.29) is 6.10 Å². The van der Waals surface area contributed by atoms with E-state index in [9.17, 15) is 5.11 Å². The number of hydrogen-bond acceptors (Lipinski definition) is 3. The molecule has 1 N–H and O–H groups in total. The first-order valence-corrected chi connectivity index (χ1v) is 7.66. The third kappa shape index (κ3) is 3.82. The maximum Gasteiger partial charge on any atom is 0.0591 e. The minimum absolute atomic E-state index is 0.128. The zero-order valence-corrected chi connectivity index (χ0v) is 10.5. The molecule has 1 aliphatic heterocycles. The first-order valence-electron chi connectivity index (χ1n) is 5.63. The van der Waals surface area contributed by atoms with Crippen LogP contribution in [0.4, 0.5) is 0 Å². The van der Waals surface area contributed by atoms with Gasteiger partial charge in [-0.25, -0.2) is 0 Å². The quantitative estimate of drug-likeness (QED) is 0.875. The average molecular weight is 242 g/mol. The fourth-order valence-electron chi connectivity index (χ4n) is 2.11. The van der Waals surface area contributed by atoms with Gasteiger partial charge in [-0.3, -0.25) is 0 Å². The van der Waals surface area contributed by atoms with Gasteiger partial charge in [-0.2, -0.15) is 11.8 Å². The van der Waals surface area contributed by atoms with E-state index in [0.717, 1.165) is 18.8 Å². The lowest BCUT2D eigenvalue weighted by atomic mass is 9.94. The number of thioether (sulfide) groups is 1. The molecule has 1 fully saturated rings. The van der Waals surface area contributed by atoms with Crippen molar-refractivity contribution in [1.29, 1.82) is 0 Å². The Balaban J connectivity index is 1.74. The molecule has 2 rings (SSSR count). The van der Waals surface area contributed by atoms with Crippen LogP contribution in [0.1, 0.15) is 24.1 Å². The molecule has 1 nitrogen and oxygen atoms in total. The summed E-state index contributed by atoms with van der Waals surface area (Å²) in [5.41, 5.74) is 0. The van der Waals surface area contributed by atoms with Gasteiger partial charge in [0.15, 0.2) is 0 Å². The largest absolute Gasteiger partial charge is 0.393 e. The zero-order valence-electron chi connectivity index (χ0n) is 8.89. The Morgan fingerprint density at radius 2 is 2.20 bits per heavy atom. The second-order valence-corrected chi connectivity index (χ2v) is 6.49. The lowest BCUT2D eigenvalue weighted by molar-refractivity contribution is 0.140. The molecule has 0 spiro atoms. The first kappa shape index (κ1) is 11.5. The average Bonchev–Trinajstić information content (AvgIpc) is 2.71. The molecule has 0 aliphatic carbocycles. The van der Waals surface area contributed by atoms with Gasteiger partial charge in [-0.05, 0) is 48.1 Å². The van der Waals surface area contributed by atoms with Gasteiger partial charge in [0.25, 0.3) is 0 Å². The monoisotopic (exact) mass is 242 g/mol. The third-order valence-electron chi connectivity index (χ3n) is 2.96. The lowest BCUT2D eigenvalue weighted by Gasteiger charge is -2.23. The van der Waals surface area contributed by atoms with Crippen LogP contribution in [-0.4, -0.2) is 22.7 Å². The van der Waals surface area contributed by atoms with E-state index >= 15 is 0 Å². The minimum atomic E-state index is -0.128. The summed E-state index contributed by atoms with van der Waals surface area (Å²) in [6, 6.07) is 4.18. The standard InChI is InChI=1S/C12H18OS2/c13-11(9-12-2-1-5-15-12)8-10-3-6-14-7-4-10/h1-2,5,10-11,13H,3-4,6-9H2. The van der Waals surface area contributed by atoms with Crippen LogP contribution in [0.15, 0.2) is 17.5 Å². The van der Waals surface area contributed by atoms with Crippen molar-refractivity contribution in [2.75, 3.05) is 11.5 Å². The van der Waals surface area contributed by atoms with Crippen LogP contribution in [-0.2, 0) is 6.42 Å². The van der Waals surface area contributed by atoms with Crippen molar-refractivity contribution < 1.29 is 5.11 Å². The molecule has 0 radical (unpaired) electrons. The molecular weight excluding hydrogens is 224 g/mol. The molecule has 0 aromatic carbocycles. The van der Waals surface area contributed by atoms with E-state index in [1.54, 1.807) is 11.3 Å². The molecule has 84 valence electrons. The van der Waals surface area contributed by atoms with Crippen molar-refractivity contribution in [3.05, 3.63) is 22.4 Å². The van der Waals surface area contributed by atoms with Crippen LogP contribution in [0, 0.1) is 5.92 Å². The highest BCUT2D eigenvalue weighted by Crippen LogP contribution is 2.27. The van der Waals surface area contributed by atoms with E-state index in [2.05, 4.69) is 29.3 Å². The van der Waals surface area contributed by atoms with Crippen LogP contribution in [0.5, 0.6) is 0 Å². The molecule has 1 atom stereocenters. The molecule has 0 bridgehead atoms. The number of rotatable bonds is 4. The van der Waals surface area contributed by atoms with Crippen LogP contribution in [0.25, 0.3) is 0 Å². The summed E-state index contributed by atoms with van der Waals surface area (Å²) in [4.78, 5) is 1.31. The second kappa shape index (κ2) is 5.92. The van der Waals surface area contributed by atoms with Gasteiger partial charge in [0, 0.05) is 11.3 Å². The Bertz CT molecular complexity index is 265.